The summed E-state index contributed by atoms with van der Waals surface area (Å²) in [7, 11) is 0. The van der Waals surface area contributed by atoms with E-state index in [0.29, 0.717) is 23.4 Å². The van der Waals surface area contributed by atoms with Gasteiger partial charge in [-0.15, -0.1) is 0 Å². The highest BCUT2D eigenvalue weighted by molar-refractivity contribution is 5.96. The molecule has 0 bridgehead atoms. The summed E-state index contributed by atoms with van der Waals surface area (Å²) in [5.74, 6) is -0.259. The maximum atomic E-state index is 11.9. The van der Waals surface area contributed by atoms with E-state index in [4.69, 9.17) is 4.52 Å². The molecule has 0 saturated heterocycles. The topological polar surface area (TPSA) is 88.2 Å². The van der Waals surface area contributed by atoms with Crippen LogP contribution in [0.2, 0.25) is 0 Å². The molecule has 0 spiro atoms. The molecule has 0 aliphatic carbocycles. The average molecular weight is 263 g/mol. The normalized spacial score (nSPS) is 12.6. The number of amides is 1. The van der Waals surface area contributed by atoms with Gasteiger partial charge in [0.05, 0.1) is 22.7 Å². The number of fused-ring (bicyclic) bond motifs is 1. The molecule has 0 aromatic carbocycles. The van der Waals surface area contributed by atoms with Gasteiger partial charge in [0, 0.05) is 12.7 Å². The minimum Gasteiger partial charge on any atom is -0.391 e. The van der Waals surface area contributed by atoms with Crippen molar-refractivity contribution < 1.29 is 14.4 Å². The molecule has 19 heavy (non-hydrogen) atoms. The first-order chi connectivity index (χ1) is 9.11. The smallest absolute Gasteiger partial charge is 0.257 e. The predicted octanol–water partition coefficient (Wildman–Crippen LogP) is 1.42. The summed E-state index contributed by atoms with van der Waals surface area (Å²) in [5, 5.41) is 16.8. The molecular weight excluding hydrogens is 246 g/mol. The molecule has 2 aromatic rings. The maximum absolute atomic E-state index is 11.9. The first-order valence-corrected chi connectivity index (χ1v) is 6.30. The van der Waals surface area contributed by atoms with Crippen molar-refractivity contribution in [3.8, 4) is 0 Å². The molecule has 2 rings (SSSR count). The first-order valence-electron chi connectivity index (χ1n) is 6.30. The van der Waals surface area contributed by atoms with E-state index in [9.17, 15) is 9.90 Å². The predicted molar refractivity (Wildman–Crippen MR) is 69.8 cm³/mol. The summed E-state index contributed by atoms with van der Waals surface area (Å²) in [6.07, 6.45) is 2.48. The molecule has 102 valence electrons. The summed E-state index contributed by atoms with van der Waals surface area (Å²) in [6.45, 7) is 4.02. The monoisotopic (exact) mass is 263 g/mol. The molecule has 0 aliphatic heterocycles. The van der Waals surface area contributed by atoms with Crippen molar-refractivity contribution in [1.29, 1.82) is 0 Å². The Morgan fingerprint density at radius 3 is 3.11 bits per heavy atom. The lowest BCUT2D eigenvalue weighted by Gasteiger charge is -2.10. The van der Waals surface area contributed by atoms with Gasteiger partial charge in [0.1, 0.15) is 0 Å². The van der Waals surface area contributed by atoms with Crippen molar-refractivity contribution in [1.82, 2.24) is 15.5 Å². The molecule has 1 atom stereocenters. The van der Waals surface area contributed by atoms with Gasteiger partial charge >= 0.3 is 0 Å². The van der Waals surface area contributed by atoms with Crippen LogP contribution in [-0.2, 0) is 0 Å². The molecule has 0 radical (unpaired) electrons. The summed E-state index contributed by atoms with van der Waals surface area (Å²) < 4.78 is 4.98. The van der Waals surface area contributed by atoms with Gasteiger partial charge in [-0.2, -0.15) is 0 Å². The fourth-order valence-corrected chi connectivity index (χ4v) is 1.82. The SMILES string of the molecule is CCCC(O)CNC(=O)c1cnc2onc(C)c2c1. The number of carbonyl (C=O) groups excluding carboxylic acids is 1. The standard InChI is InChI=1S/C13H17N3O3/c1-3-4-10(17)7-14-12(18)9-5-11-8(2)16-19-13(11)15-6-9/h5-6,10,17H,3-4,7H2,1-2H3,(H,14,18). The number of aliphatic hydroxyl groups excluding tert-OH is 1. The van der Waals surface area contributed by atoms with Crippen LogP contribution in [0.1, 0.15) is 35.8 Å². The van der Waals surface area contributed by atoms with E-state index in [1.807, 2.05) is 6.92 Å². The average Bonchev–Trinajstić information content (AvgIpc) is 2.78. The number of nitrogens with zero attached hydrogens (tertiary/aromatic N) is 2. The van der Waals surface area contributed by atoms with Crippen molar-refractivity contribution in [2.75, 3.05) is 6.54 Å². The Morgan fingerprint density at radius 2 is 2.37 bits per heavy atom. The number of aromatic nitrogens is 2. The van der Waals surface area contributed by atoms with E-state index in [-0.39, 0.29) is 12.5 Å². The number of hydrogen-bond donors (Lipinski definition) is 2. The molecular formula is C13H17N3O3. The Balaban J connectivity index is 2.06. The highest BCUT2D eigenvalue weighted by Gasteiger charge is 2.12. The molecule has 2 heterocycles. The second-order valence-electron chi connectivity index (χ2n) is 4.50. The van der Waals surface area contributed by atoms with Gasteiger partial charge < -0.3 is 14.9 Å². The number of nitrogens with one attached hydrogen (secondary N) is 1. The lowest BCUT2D eigenvalue weighted by atomic mass is 10.2. The number of carbonyl (C=O) groups is 1. The number of hydrogen-bond acceptors (Lipinski definition) is 5. The van der Waals surface area contributed by atoms with E-state index < -0.39 is 6.10 Å². The molecule has 0 fully saturated rings. The molecule has 6 heteroatoms. The van der Waals surface area contributed by atoms with Gasteiger partial charge in [0.15, 0.2) is 0 Å². The number of aliphatic hydroxyl groups is 1. The Morgan fingerprint density at radius 1 is 1.58 bits per heavy atom. The third-order valence-electron chi connectivity index (χ3n) is 2.89. The van der Waals surface area contributed by atoms with Gasteiger partial charge in [-0.05, 0) is 19.4 Å². The fraction of sp³-hybridized carbons (Fsp3) is 0.462. The summed E-state index contributed by atoms with van der Waals surface area (Å²) in [5.41, 5.74) is 1.55. The van der Waals surface area contributed by atoms with Crippen LogP contribution in [0.4, 0.5) is 0 Å². The van der Waals surface area contributed by atoms with Crippen LogP contribution in [0, 0.1) is 6.92 Å². The van der Waals surface area contributed by atoms with Crippen molar-refractivity contribution in [3.63, 3.8) is 0 Å². The van der Waals surface area contributed by atoms with Gasteiger partial charge in [0.2, 0.25) is 0 Å². The molecule has 6 nitrogen and oxygen atoms in total. The Labute approximate surface area is 110 Å². The van der Waals surface area contributed by atoms with Crippen molar-refractivity contribution >= 4 is 17.0 Å². The molecule has 1 amide bonds. The highest BCUT2D eigenvalue weighted by Crippen LogP contribution is 2.16. The molecule has 2 aromatic heterocycles. The number of rotatable bonds is 5. The zero-order valence-electron chi connectivity index (χ0n) is 11.0. The first kappa shape index (κ1) is 13.5. The highest BCUT2D eigenvalue weighted by atomic mass is 16.5. The molecule has 0 saturated carbocycles. The fourth-order valence-electron chi connectivity index (χ4n) is 1.82. The molecule has 0 aliphatic rings. The van der Waals surface area contributed by atoms with Gasteiger partial charge in [-0.3, -0.25) is 4.79 Å². The van der Waals surface area contributed by atoms with Gasteiger partial charge in [0.25, 0.3) is 11.6 Å². The largest absolute Gasteiger partial charge is 0.391 e. The maximum Gasteiger partial charge on any atom is 0.257 e. The van der Waals surface area contributed by atoms with Crippen molar-refractivity contribution in [2.45, 2.75) is 32.8 Å². The van der Waals surface area contributed by atoms with Gasteiger partial charge in [-0.25, -0.2) is 4.98 Å². The van der Waals surface area contributed by atoms with Gasteiger partial charge in [-0.1, -0.05) is 18.5 Å². The number of pyridine rings is 1. The van der Waals surface area contributed by atoms with Crippen LogP contribution in [-0.4, -0.2) is 33.8 Å². The zero-order valence-corrected chi connectivity index (χ0v) is 11.0. The van der Waals surface area contributed by atoms with Crippen molar-refractivity contribution in [2.24, 2.45) is 0 Å². The van der Waals surface area contributed by atoms with Crippen LogP contribution >= 0.6 is 0 Å². The number of aryl methyl sites for hydroxylation is 1. The second-order valence-corrected chi connectivity index (χ2v) is 4.50. The molecule has 1 unspecified atom stereocenters. The van der Waals surface area contributed by atoms with Crippen LogP contribution < -0.4 is 5.32 Å². The lowest BCUT2D eigenvalue weighted by Crippen LogP contribution is -2.32. The van der Waals surface area contributed by atoms with Crippen LogP contribution in [0.5, 0.6) is 0 Å². The van der Waals surface area contributed by atoms with E-state index in [0.717, 1.165) is 11.8 Å². The third-order valence-corrected chi connectivity index (χ3v) is 2.89. The van der Waals surface area contributed by atoms with E-state index in [2.05, 4.69) is 15.5 Å². The van der Waals surface area contributed by atoms with Crippen molar-refractivity contribution in [3.05, 3.63) is 23.5 Å². The summed E-state index contributed by atoms with van der Waals surface area (Å²) in [4.78, 5) is 16.0. The van der Waals surface area contributed by atoms with E-state index in [1.165, 1.54) is 6.20 Å². The van der Waals surface area contributed by atoms with E-state index >= 15 is 0 Å². The lowest BCUT2D eigenvalue weighted by molar-refractivity contribution is 0.0910. The minimum atomic E-state index is -0.511. The summed E-state index contributed by atoms with van der Waals surface area (Å²) >= 11 is 0. The second kappa shape index (κ2) is 5.79. The molecule has 2 N–H and O–H groups in total. The summed E-state index contributed by atoms with van der Waals surface area (Å²) in [6, 6.07) is 1.69. The Kier molecular flexibility index (Phi) is 4.11. The third kappa shape index (κ3) is 3.08. The zero-order chi connectivity index (χ0) is 13.8. The quantitative estimate of drug-likeness (QED) is 0.851. The minimum absolute atomic E-state index is 0.243. The van der Waals surface area contributed by atoms with Crippen LogP contribution in [0.3, 0.4) is 0 Å². The Bertz CT molecular complexity index is 580. The van der Waals surface area contributed by atoms with Crippen LogP contribution in [0.25, 0.3) is 11.1 Å². The van der Waals surface area contributed by atoms with E-state index in [1.54, 1.807) is 13.0 Å². The Hall–Kier alpha value is -1.95. The van der Waals surface area contributed by atoms with Crippen LogP contribution in [0.15, 0.2) is 16.8 Å².